The monoisotopic (exact) mass is 294 g/mol. The number of benzene rings is 1. The van der Waals surface area contributed by atoms with Gasteiger partial charge >= 0.3 is 0 Å². The molecular weight excluding hydrogens is 281 g/mol. The van der Waals surface area contributed by atoms with Crippen molar-refractivity contribution in [1.29, 1.82) is 0 Å². The molecule has 1 aliphatic rings. The van der Waals surface area contributed by atoms with Crippen molar-refractivity contribution in [2.24, 2.45) is 0 Å². The fraction of sp³-hybridized carbons (Fsp3) is 0.417. The van der Waals surface area contributed by atoms with Gasteiger partial charge in [-0.3, -0.25) is 4.79 Å². The highest BCUT2D eigenvalue weighted by Crippen LogP contribution is 2.18. The normalized spacial score (nSPS) is 18.6. The van der Waals surface area contributed by atoms with Crippen LogP contribution in [0.25, 0.3) is 0 Å². The zero-order valence-corrected chi connectivity index (χ0v) is 10.8. The number of carbonyl (C=O) groups excluding carboxylic acids is 1. The Bertz CT molecular complexity index is 441. The summed E-state index contributed by atoms with van der Waals surface area (Å²) < 4.78 is 38.6. The number of piperidine rings is 1. The highest BCUT2D eigenvalue weighted by Gasteiger charge is 2.21. The minimum atomic E-state index is -1.54. The van der Waals surface area contributed by atoms with Gasteiger partial charge in [-0.05, 0) is 19.4 Å². The van der Waals surface area contributed by atoms with Crippen LogP contribution in [0.4, 0.5) is 18.9 Å². The highest BCUT2D eigenvalue weighted by atomic mass is 35.5. The molecule has 1 aromatic carbocycles. The molecule has 1 amide bonds. The average molecular weight is 295 g/mol. The summed E-state index contributed by atoms with van der Waals surface area (Å²) >= 11 is 0. The van der Waals surface area contributed by atoms with Crippen molar-refractivity contribution in [3.05, 3.63) is 29.6 Å². The van der Waals surface area contributed by atoms with Gasteiger partial charge in [0.1, 0.15) is 0 Å². The molecule has 2 rings (SSSR count). The summed E-state index contributed by atoms with van der Waals surface area (Å²) in [6.07, 6.45) is 2.61. The molecule has 0 aromatic heterocycles. The SMILES string of the molecule is Cl.O=C(Nc1cc(F)c(F)c(F)c1)C1CCCCN1. The number of carbonyl (C=O) groups is 1. The van der Waals surface area contributed by atoms with Crippen molar-refractivity contribution in [3.8, 4) is 0 Å². The van der Waals surface area contributed by atoms with E-state index in [1.54, 1.807) is 0 Å². The molecule has 7 heteroatoms. The van der Waals surface area contributed by atoms with Crippen molar-refractivity contribution in [2.45, 2.75) is 25.3 Å². The van der Waals surface area contributed by atoms with Gasteiger partial charge in [0.2, 0.25) is 5.91 Å². The molecule has 0 saturated carbocycles. The summed E-state index contributed by atoms with van der Waals surface area (Å²) in [5.74, 6) is -4.53. The van der Waals surface area contributed by atoms with E-state index in [4.69, 9.17) is 0 Å². The molecular formula is C12H14ClF3N2O. The standard InChI is InChI=1S/C12H13F3N2O.ClH/c13-8-5-7(6-9(14)11(8)15)17-12(18)10-3-1-2-4-16-10;/h5-6,10,16H,1-4H2,(H,17,18);1H. The van der Waals surface area contributed by atoms with E-state index in [0.29, 0.717) is 6.42 Å². The molecule has 0 radical (unpaired) electrons. The second kappa shape index (κ2) is 6.77. The van der Waals surface area contributed by atoms with Gasteiger partial charge in [-0.15, -0.1) is 12.4 Å². The summed E-state index contributed by atoms with van der Waals surface area (Å²) in [6, 6.07) is 1.16. The Kier molecular flexibility index (Phi) is 5.62. The zero-order valence-electron chi connectivity index (χ0n) is 10.0. The Hall–Kier alpha value is -1.27. The minimum Gasteiger partial charge on any atom is -0.325 e. The Morgan fingerprint density at radius 1 is 1.21 bits per heavy atom. The number of hydrogen-bond acceptors (Lipinski definition) is 2. The molecule has 19 heavy (non-hydrogen) atoms. The van der Waals surface area contributed by atoms with Crippen LogP contribution in [0, 0.1) is 17.5 Å². The summed E-state index contributed by atoms with van der Waals surface area (Å²) in [5.41, 5.74) is -0.0798. The van der Waals surface area contributed by atoms with Crippen molar-refractivity contribution >= 4 is 24.0 Å². The highest BCUT2D eigenvalue weighted by molar-refractivity contribution is 5.94. The summed E-state index contributed by atoms with van der Waals surface area (Å²) in [6.45, 7) is 0.740. The Morgan fingerprint density at radius 3 is 2.37 bits per heavy atom. The Labute approximate surface area is 115 Å². The minimum absolute atomic E-state index is 0. The van der Waals surface area contributed by atoms with Crippen LogP contribution >= 0.6 is 12.4 Å². The smallest absolute Gasteiger partial charge is 0.241 e. The van der Waals surface area contributed by atoms with Gasteiger partial charge in [0.05, 0.1) is 6.04 Å². The van der Waals surface area contributed by atoms with E-state index in [1.165, 1.54) is 0 Å². The maximum Gasteiger partial charge on any atom is 0.241 e. The van der Waals surface area contributed by atoms with Gasteiger partial charge in [-0.25, -0.2) is 13.2 Å². The number of halogens is 4. The van der Waals surface area contributed by atoms with Crippen LogP contribution in [0.1, 0.15) is 19.3 Å². The first-order valence-corrected chi connectivity index (χ1v) is 5.76. The van der Waals surface area contributed by atoms with Gasteiger partial charge in [0.15, 0.2) is 17.5 Å². The number of amides is 1. The van der Waals surface area contributed by atoms with Crippen LogP contribution in [0.3, 0.4) is 0 Å². The molecule has 1 fully saturated rings. The van der Waals surface area contributed by atoms with Crippen LogP contribution in [-0.2, 0) is 4.79 Å². The molecule has 1 saturated heterocycles. The fourth-order valence-electron chi connectivity index (χ4n) is 1.93. The van der Waals surface area contributed by atoms with Crippen molar-refractivity contribution < 1.29 is 18.0 Å². The third-order valence-corrected chi connectivity index (χ3v) is 2.88. The van der Waals surface area contributed by atoms with Gasteiger partial charge in [-0.2, -0.15) is 0 Å². The van der Waals surface area contributed by atoms with Crippen molar-refractivity contribution in [2.75, 3.05) is 11.9 Å². The van der Waals surface area contributed by atoms with Gasteiger partial charge < -0.3 is 10.6 Å². The maximum absolute atomic E-state index is 13.0. The lowest BCUT2D eigenvalue weighted by Gasteiger charge is -2.22. The number of nitrogens with one attached hydrogen (secondary N) is 2. The molecule has 2 N–H and O–H groups in total. The number of anilines is 1. The number of rotatable bonds is 2. The third-order valence-electron chi connectivity index (χ3n) is 2.88. The van der Waals surface area contributed by atoms with Gasteiger partial charge in [0.25, 0.3) is 0 Å². The van der Waals surface area contributed by atoms with Gasteiger partial charge in [0, 0.05) is 17.8 Å². The molecule has 1 aromatic rings. The van der Waals surface area contributed by atoms with Gasteiger partial charge in [-0.1, -0.05) is 6.42 Å². The van der Waals surface area contributed by atoms with E-state index in [2.05, 4.69) is 10.6 Å². The third kappa shape index (κ3) is 3.84. The van der Waals surface area contributed by atoms with Crippen LogP contribution in [0.5, 0.6) is 0 Å². The molecule has 0 spiro atoms. The second-order valence-corrected chi connectivity index (χ2v) is 4.25. The van der Waals surface area contributed by atoms with E-state index in [-0.39, 0.29) is 30.0 Å². The predicted octanol–water partition coefficient (Wildman–Crippen LogP) is 2.61. The molecule has 1 unspecified atom stereocenters. The topological polar surface area (TPSA) is 41.1 Å². The summed E-state index contributed by atoms with van der Waals surface area (Å²) in [4.78, 5) is 11.8. The van der Waals surface area contributed by atoms with Crippen LogP contribution in [0.15, 0.2) is 12.1 Å². The molecule has 1 aliphatic heterocycles. The van der Waals surface area contributed by atoms with Crippen molar-refractivity contribution in [1.82, 2.24) is 5.32 Å². The maximum atomic E-state index is 13.0. The summed E-state index contributed by atoms with van der Waals surface area (Å²) in [7, 11) is 0. The first kappa shape index (κ1) is 15.8. The zero-order chi connectivity index (χ0) is 13.1. The quantitative estimate of drug-likeness (QED) is 0.823. The van der Waals surface area contributed by atoms with Crippen LogP contribution in [0.2, 0.25) is 0 Å². The molecule has 3 nitrogen and oxygen atoms in total. The summed E-state index contributed by atoms with van der Waals surface area (Å²) in [5, 5.41) is 5.38. The molecule has 0 bridgehead atoms. The van der Waals surface area contributed by atoms with E-state index in [9.17, 15) is 18.0 Å². The predicted molar refractivity (Wildman–Crippen MR) is 67.8 cm³/mol. The Balaban J connectivity index is 0.00000180. The molecule has 1 heterocycles. The first-order chi connectivity index (χ1) is 8.58. The van der Waals surface area contributed by atoms with Crippen molar-refractivity contribution in [3.63, 3.8) is 0 Å². The molecule has 106 valence electrons. The van der Waals surface area contributed by atoms with Crippen LogP contribution in [-0.4, -0.2) is 18.5 Å². The van der Waals surface area contributed by atoms with Crippen LogP contribution < -0.4 is 10.6 Å². The van der Waals surface area contributed by atoms with E-state index >= 15 is 0 Å². The lowest BCUT2D eigenvalue weighted by Crippen LogP contribution is -2.43. The lowest BCUT2D eigenvalue weighted by atomic mass is 10.0. The van der Waals surface area contributed by atoms with E-state index in [1.807, 2.05) is 0 Å². The first-order valence-electron chi connectivity index (χ1n) is 5.76. The van der Waals surface area contributed by atoms with E-state index < -0.39 is 17.5 Å². The Morgan fingerprint density at radius 2 is 1.84 bits per heavy atom. The molecule has 1 atom stereocenters. The van der Waals surface area contributed by atoms with E-state index in [0.717, 1.165) is 31.5 Å². The largest absolute Gasteiger partial charge is 0.325 e. The fourth-order valence-corrected chi connectivity index (χ4v) is 1.93. The number of hydrogen-bond donors (Lipinski definition) is 2. The average Bonchev–Trinajstić information content (AvgIpc) is 2.37. The molecule has 0 aliphatic carbocycles. The second-order valence-electron chi connectivity index (χ2n) is 4.25. The lowest BCUT2D eigenvalue weighted by molar-refractivity contribution is -0.118.